The molecule has 0 spiro atoms. The van der Waals surface area contributed by atoms with Crippen LogP contribution in [-0.4, -0.2) is 16.1 Å². The first kappa shape index (κ1) is 13.9. The molecule has 0 bridgehead atoms. The predicted molar refractivity (Wildman–Crippen MR) is 79.9 cm³/mol. The zero-order valence-electron chi connectivity index (χ0n) is 11.8. The van der Waals surface area contributed by atoms with Crippen LogP contribution in [0.2, 0.25) is 0 Å². The van der Waals surface area contributed by atoms with Crippen molar-refractivity contribution in [1.29, 1.82) is 0 Å². The van der Waals surface area contributed by atoms with E-state index in [1.165, 1.54) is 5.56 Å². The van der Waals surface area contributed by atoms with E-state index in [1.54, 1.807) is 0 Å². The third-order valence-electron chi connectivity index (χ3n) is 3.05. The topological polar surface area (TPSA) is 110 Å². The van der Waals surface area contributed by atoms with Gasteiger partial charge in [-0.15, -0.1) is 0 Å². The molecule has 0 atom stereocenters. The molecule has 0 radical (unpaired) electrons. The smallest absolute Gasteiger partial charge is 0.256 e. The summed E-state index contributed by atoms with van der Waals surface area (Å²) in [5.41, 5.74) is 13.2. The first-order valence-electron chi connectivity index (χ1n) is 6.30. The number of aromatic amines is 1. The number of H-pyrrole nitrogens is 1. The van der Waals surface area contributed by atoms with Gasteiger partial charge in [-0.2, -0.15) is 5.10 Å². The number of rotatable bonds is 3. The fraction of sp³-hybridized carbons (Fsp3) is 0.286. The molecule has 6 nitrogen and oxygen atoms in total. The summed E-state index contributed by atoms with van der Waals surface area (Å²) in [5, 5.41) is 9.51. The number of hydrogen-bond donors (Lipinski definition) is 4. The van der Waals surface area contributed by atoms with E-state index in [0.717, 1.165) is 5.69 Å². The number of nitrogens with zero attached hydrogens (tertiary/aromatic N) is 1. The zero-order chi connectivity index (χ0) is 14.9. The third kappa shape index (κ3) is 2.74. The molecule has 0 fully saturated rings. The third-order valence-corrected chi connectivity index (χ3v) is 3.05. The van der Waals surface area contributed by atoms with Crippen LogP contribution in [0.25, 0.3) is 0 Å². The lowest BCUT2D eigenvalue weighted by Crippen LogP contribution is -2.14. The van der Waals surface area contributed by atoms with Crippen molar-refractivity contribution >= 4 is 23.2 Å². The van der Waals surface area contributed by atoms with Crippen molar-refractivity contribution in [3.8, 4) is 0 Å². The van der Waals surface area contributed by atoms with Crippen LogP contribution in [-0.2, 0) is 5.41 Å². The van der Waals surface area contributed by atoms with Crippen molar-refractivity contribution in [3.63, 3.8) is 0 Å². The Hall–Kier alpha value is -2.50. The van der Waals surface area contributed by atoms with Gasteiger partial charge in [0.1, 0.15) is 11.4 Å². The van der Waals surface area contributed by atoms with Gasteiger partial charge in [-0.05, 0) is 23.1 Å². The lowest BCUT2D eigenvalue weighted by molar-refractivity contribution is 0.100. The molecule has 0 aliphatic rings. The maximum Gasteiger partial charge on any atom is 0.256 e. The van der Waals surface area contributed by atoms with Gasteiger partial charge in [0.25, 0.3) is 5.91 Å². The van der Waals surface area contributed by atoms with Gasteiger partial charge in [-0.3, -0.25) is 9.89 Å². The highest BCUT2D eigenvalue weighted by atomic mass is 16.1. The monoisotopic (exact) mass is 273 g/mol. The summed E-state index contributed by atoms with van der Waals surface area (Å²) in [7, 11) is 0. The molecule has 6 heteroatoms. The van der Waals surface area contributed by atoms with Crippen LogP contribution < -0.4 is 16.8 Å². The highest BCUT2D eigenvalue weighted by Gasteiger charge is 2.17. The summed E-state index contributed by atoms with van der Waals surface area (Å²) in [6, 6.07) is 7.91. The van der Waals surface area contributed by atoms with Crippen molar-refractivity contribution in [2.24, 2.45) is 5.73 Å². The number of hydrogen-bond acceptors (Lipinski definition) is 4. The predicted octanol–water partition coefficient (Wildman–Crippen LogP) is 2.13. The number of amides is 1. The van der Waals surface area contributed by atoms with E-state index < -0.39 is 5.91 Å². The normalized spacial score (nSPS) is 11.3. The Labute approximate surface area is 117 Å². The number of anilines is 3. The lowest BCUT2D eigenvalue weighted by Gasteiger charge is -2.19. The second-order valence-corrected chi connectivity index (χ2v) is 5.68. The first-order valence-corrected chi connectivity index (χ1v) is 6.30. The molecule has 1 aromatic heterocycles. The molecule has 2 aromatic rings. The number of carbonyl (C=O) groups excluding carboxylic acids is 1. The van der Waals surface area contributed by atoms with Crippen LogP contribution >= 0.6 is 0 Å². The summed E-state index contributed by atoms with van der Waals surface area (Å²) in [4.78, 5) is 11.3. The zero-order valence-corrected chi connectivity index (χ0v) is 11.8. The van der Waals surface area contributed by atoms with Crippen molar-refractivity contribution < 1.29 is 4.79 Å². The Morgan fingerprint density at radius 3 is 2.35 bits per heavy atom. The number of carbonyl (C=O) groups is 1. The van der Waals surface area contributed by atoms with E-state index in [9.17, 15) is 4.79 Å². The van der Waals surface area contributed by atoms with E-state index in [2.05, 4.69) is 36.3 Å². The van der Waals surface area contributed by atoms with E-state index in [-0.39, 0.29) is 16.8 Å². The lowest BCUT2D eigenvalue weighted by atomic mass is 9.87. The number of aromatic nitrogens is 2. The minimum atomic E-state index is -0.620. The SMILES string of the molecule is CC(C)(C)c1ccc(Nc2n[nH]c(N)c2C(N)=O)cc1. The molecule has 2 rings (SSSR count). The number of nitrogen functional groups attached to an aromatic ring is 1. The molecule has 106 valence electrons. The first-order chi connectivity index (χ1) is 9.29. The van der Waals surface area contributed by atoms with Gasteiger partial charge in [-0.25, -0.2) is 0 Å². The van der Waals surface area contributed by atoms with E-state index >= 15 is 0 Å². The van der Waals surface area contributed by atoms with Crippen LogP contribution in [0, 0.1) is 0 Å². The summed E-state index contributed by atoms with van der Waals surface area (Å²) < 4.78 is 0. The summed E-state index contributed by atoms with van der Waals surface area (Å²) in [5.74, 6) is -0.130. The largest absolute Gasteiger partial charge is 0.383 e. The van der Waals surface area contributed by atoms with E-state index in [1.807, 2.05) is 24.3 Å². The fourth-order valence-electron chi connectivity index (χ4n) is 1.89. The maximum absolute atomic E-state index is 11.3. The molecular weight excluding hydrogens is 254 g/mol. The molecule has 0 aliphatic carbocycles. The molecule has 1 amide bonds. The second-order valence-electron chi connectivity index (χ2n) is 5.68. The van der Waals surface area contributed by atoms with Crippen molar-refractivity contribution in [1.82, 2.24) is 10.2 Å². The molecule has 1 aromatic carbocycles. The van der Waals surface area contributed by atoms with Crippen LogP contribution in [0.5, 0.6) is 0 Å². The minimum Gasteiger partial charge on any atom is -0.383 e. The van der Waals surface area contributed by atoms with E-state index in [0.29, 0.717) is 5.82 Å². The molecule has 0 unspecified atom stereocenters. The second kappa shape index (κ2) is 4.88. The number of benzene rings is 1. The molecule has 0 saturated carbocycles. The summed E-state index contributed by atoms with van der Waals surface area (Å²) in [6.07, 6.45) is 0. The van der Waals surface area contributed by atoms with E-state index in [4.69, 9.17) is 11.5 Å². The Balaban J connectivity index is 2.25. The summed E-state index contributed by atoms with van der Waals surface area (Å²) in [6.45, 7) is 6.44. The molecule has 20 heavy (non-hydrogen) atoms. The molecule has 1 heterocycles. The Morgan fingerprint density at radius 1 is 1.25 bits per heavy atom. The molecular formula is C14H19N5O. The molecule has 0 saturated heterocycles. The van der Waals surface area contributed by atoms with Crippen LogP contribution in [0.3, 0.4) is 0 Å². The van der Waals surface area contributed by atoms with Crippen LogP contribution in [0.1, 0.15) is 36.7 Å². The van der Waals surface area contributed by atoms with Crippen molar-refractivity contribution in [2.45, 2.75) is 26.2 Å². The minimum absolute atomic E-state index is 0.0910. The van der Waals surface area contributed by atoms with Gasteiger partial charge in [0.2, 0.25) is 0 Å². The molecule has 0 aliphatic heterocycles. The van der Waals surface area contributed by atoms with Gasteiger partial charge in [0.05, 0.1) is 0 Å². The van der Waals surface area contributed by atoms with Crippen molar-refractivity contribution in [3.05, 3.63) is 35.4 Å². The highest BCUT2D eigenvalue weighted by molar-refractivity contribution is 6.02. The maximum atomic E-state index is 11.3. The van der Waals surface area contributed by atoms with Gasteiger partial charge < -0.3 is 16.8 Å². The van der Waals surface area contributed by atoms with Gasteiger partial charge >= 0.3 is 0 Å². The molecule has 6 N–H and O–H groups in total. The number of nitrogens with one attached hydrogen (secondary N) is 2. The van der Waals surface area contributed by atoms with Gasteiger partial charge in [0.15, 0.2) is 5.82 Å². The fourth-order valence-corrected chi connectivity index (χ4v) is 1.89. The Kier molecular flexibility index (Phi) is 3.40. The Morgan fingerprint density at radius 2 is 1.85 bits per heavy atom. The highest BCUT2D eigenvalue weighted by Crippen LogP contribution is 2.26. The average molecular weight is 273 g/mol. The number of primary amides is 1. The standard InChI is InChI=1S/C14H19N5O/c1-14(2,3)8-4-6-9(7-5-8)17-13-10(12(16)20)11(15)18-19-13/h4-7H,1-3H3,(H2,16,20)(H4,15,17,18,19). The quantitative estimate of drug-likeness (QED) is 0.686. The average Bonchev–Trinajstić information content (AvgIpc) is 2.70. The summed E-state index contributed by atoms with van der Waals surface area (Å²) >= 11 is 0. The van der Waals surface area contributed by atoms with Crippen LogP contribution in [0.15, 0.2) is 24.3 Å². The van der Waals surface area contributed by atoms with Gasteiger partial charge in [0, 0.05) is 5.69 Å². The van der Waals surface area contributed by atoms with Crippen molar-refractivity contribution in [2.75, 3.05) is 11.1 Å². The van der Waals surface area contributed by atoms with Crippen LogP contribution in [0.4, 0.5) is 17.3 Å². The Bertz CT molecular complexity index is 622. The van der Waals surface area contributed by atoms with Gasteiger partial charge in [-0.1, -0.05) is 32.9 Å². The number of nitrogens with two attached hydrogens (primary N) is 2.